The summed E-state index contributed by atoms with van der Waals surface area (Å²) in [6.45, 7) is -0.257. The van der Waals surface area contributed by atoms with Crippen LogP contribution in [-0.4, -0.2) is 23.5 Å². The molecule has 8 heteroatoms. The molecule has 0 saturated heterocycles. The number of carbonyl (C=O) groups is 2. The standard InChI is InChI=1S/C19H15N3O4S/c20-11-13-5-1-2-6-14(13)22-18(24)17(23)21-12-19(25,15-7-3-9-26-15)16-8-4-10-27-16/h1-10,25H,12H2,(H,21,23)(H,22,24)/t19-/m0/s1. The fourth-order valence-electron chi connectivity index (χ4n) is 2.48. The highest BCUT2D eigenvalue weighted by atomic mass is 32.1. The first-order valence-corrected chi connectivity index (χ1v) is 8.81. The molecule has 27 heavy (non-hydrogen) atoms. The number of hydrogen-bond donors (Lipinski definition) is 3. The van der Waals surface area contributed by atoms with Gasteiger partial charge in [0, 0.05) is 4.88 Å². The first-order valence-electron chi connectivity index (χ1n) is 7.93. The average molecular weight is 381 g/mol. The molecule has 2 amide bonds. The molecule has 1 atom stereocenters. The van der Waals surface area contributed by atoms with E-state index in [2.05, 4.69) is 10.6 Å². The van der Waals surface area contributed by atoms with E-state index in [-0.39, 0.29) is 23.6 Å². The number of thiophene rings is 1. The van der Waals surface area contributed by atoms with Crippen LogP contribution in [0.4, 0.5) is 5.69 Å². The van der Waals surface area contributed by atoms with Gasteiger partial charge in [-0.3, -0.25) is 9.59 Å². The van der Waals surface area contributed by atoms with Crippen LogP contribution in [0.2, 0.25) is 0 Å². The lowest BCUT2D eigenvalue weighted by atomic mass is 9.98. The van der Waals surface area contributed by atoms with Gasteiger partial charge in [0.25, 0.3) is 0 Å². The van der Waals surface area contributed by atoms with Gasteiger partial charge >= 0.3 is 11.8 Å². The molecule has 3 aromatic rings. The molecule has 7 nitrogen and oxygen atoms in total. The lowest BCUT2D eigenvalue weighted by Crippen LogP contribution is -2.44. The monoisotopic (exact) mass is 381 g/mol. The van der Waals surface area contributed by atoms with Crippen molar-refractivity contribution in [3.63, 3.8) is 0 Å². The Hall–Kier alpha value is -3.41. The number of nitriles is 1. The first kappa shape index (κ1) is 18.4. The molecule has 0 fully saturated rings. The second-order valence-electron chi connectivity index (χ2n) is 5.61. The van der Waals surface area contributed by atoms with E-state index < -0.39 is 17.4 Å². The second kappa shape index (κ2) is 7.86. The van der Waals surface area contributed by atoms with Crippen LogP contribution in [0.15, 0.2) is 64.6 Å². The van der Waals surface area contributed by atoms with Crippen LogP contribution >= 0.6 is 11.3 Å². The Morgan fingerprint density at radius 3 is 2.63 bits per heavy atom. The number of furan rings is 1. The van der Waals surface area contributed by atoms with Crippen molar-refractivity contribution in [1.29, 1.82) is 5.26 Å². The largest absolute Gasteiger partial charge is 0.466 e. The quantitative estimate of drug-likeness (QED) is 0.586. The molecule has 2 aromatic heterocycles. The Bertz CT molecular complexity index is 941. The summed E-state index contributed by atoms with van der Waals surface area (Å²) < 4.78 is 5.31. The normalized spacial score (nSPS) is 12.6. The minimum atomic E-state index is -1.60. The van der Waals surface area contributed by atoms with Crippen LogP contribution in [-0.2, 0) is 15.2 Å². The van der Waals surface area contributed by atoms with E-state index in [4.69, 9.17) is 9.68 Å². The van der Waals surface area contributed by atoms with Crippen molar-refractivity contribution < 1.29 is 19.1 Å². The highest BCUT2D eigenvalue weighted by Crippen LogP contribution is 2.32. The van der Waals surface area contributed by atoms with Crippen LogP contribution in [0.1, 0.15) is 16.2 Å². The fraction of sp³-hybridized carbons (Fsp3) is 0.105. The van der Waals surface area contributed by atoms with Crippen molar-refractivity contribution in [2.45, 2.75) is 5.60 Å². The molecule has 0 spiro atoms. The van der Waals surface area contributed by atoms with E-state index in [0.29, 0.717) is 4.88 Å². The number of benzene rings is 1. The number of nitrogens with one attached hydrogen (secondary N) is 2. The lowest BCUT2D eigenvalue weighted by Gasteiger charge is -2.25. The molecule has 1 aromatic carbocycles. The smallest absolute Gasteiger partial charge is 0.313 e. The molecule has 0 bridgehead atoms. The summed E-state index contributed by atoms with van der Waals surface area (Å²) in [5.41, 5.74) is -1.12. The second-order valence-corrected chi connectivity index (χ2v) is 6.56. The zero-order chi connectivity index (χ0) is 19.3. The Labute approximate surface area is 158 Å². The zero-order valence-electron chi connectivity index (χ0n) is 14.0. The molecule has 136 valence electrons. The number of amides is 2. The maximum Gasteiger partial charge on any atom is 0.313 e. The summed E-state index contributed by atoms with van der Waals surface area (Å²) in [4.78, 5) is 24.9. The van der Waals surface area contributed by atoms with Crippen LogP contribution < -0.4 is 10.6 Å². The Morgan fingerprint density at radius 1 is 1.15 bits per heavy atom. The minimum absolute atomic E-state index is 0.236. The summed E-state index contributed by atoms with van der Waals surface area (Å²) >= 11 is 1.30. The van der Waals surface area contributed by atoms with Crippen molar-refractivity contribution >= 4 is 28.8 Å². The van der Waals surface area contributed by atoms with Gasteiger partial charge in [0.05, 0.1) is 24.1 Å². The SMILES string of the molecule is N#Cc1ccccc1NC(=O)C(=O)NC[C@](O)(c1ccco1)c1cccs1. The molecule has 3 N–H and O–H groups in total. The van der Waals surface area contributed by atoms with E-state index in [9.17, 15) is 14.7 Å². The number of aliphatic hydroxyl groups is 1. The van der Waals surface area contributed by atoms with Crippen LogP contribution in [0.25, 0.3) is 0 Å². The highest BCUT2D eigenvalue weighted by Gasteiger charge is 2.36. The van der Waals surface area contributed by atoms with Crippen LogP contribution in [0.3, 0.4) is 0 Å². The van der Waals surface area contributed by atoms with Gasteiger partial charge < -0.3 is 20.2 Å². The molecule has 0 unspecified atom stereocenters. The maximum atomic E-state index is 12.2. The third-order valence-corrected chi connectivity index (χ3v) is 4.89. The van der Waals surface area contributed by atoms with Crippen LogP contribution in [0, 0.1) is 11.3 Å². The van der Waals surface area contributed by atoms with E-state index in [1.165, 1.54) is 29.7 Å². The Balaban J connectivity index is 1.71. The molecular weight excluding hydrogens is 366 g/mol. The summed E-state index contributed by atoms with van der Waals surface area (Å²) in [6, 6.07) is 15.0. The maximum absolute atomic E-state index is 12.2. The van der Waals surface area contributed by atoms with E-state index in [1.807, 2.05) is 6.07 Å². The summed E-state index contributed by atoms with van der Waals surface area (Å²) in [5.74, 6) is -1.63. The van der Waals surface area contributed by atoms with Crippen molar-refractivity contribution in [1.82, 2.24) is 5.32 Å². The third-order valence-electron chi connectivity index (χ3n) is 3.86. The van der Waals surface area contributed by atoms with E-state index in [0.717, 1.165) is 0 Å². The van der Waals surface area contributed by atoms with E-state index in [1.54, 1.807) is 41.8 Å². The predicted molar refractivity (Wildman–Crippen MR) is 98.8 cm³/mol. The Morgan fingerprint density at radius 2 is 1.96 bits per heavy atom. The van der Waals surface area contributed by atoms with Crippen molar-refractivity contribution in [2.75, 3.05) is 11.9 Å². The Kier molecular flexibility index (Phi) is 5.35. The molecule has 3 rings (SSSR count). The molecule has 0 aliphatic rings. The van der Waals surface area contributed by atoms with Gasteiger partial charge in [0.1, 0.15) is 11.8 Å². The molecule has 0 aliphatic carbocycles. The molecular formula is C19H15N3O4S. The summed E-state index contributed by atoms with van der Waals surface area (Å²) in [6.07, 6.45) is 1.42. The van der Waals surface area contributed by atoms with Gasteiger partial charge in [0.15, 0.2) is 5.60 Å². The van der Waals surface area contributed by atoms with Crippen molar-refractivity contribution in [3.8, 4) is 6.07 Å². The number of para-hydroxylation sites is 1. The van der Waals surface area contributed by atoms with Crippen molar-refractivity contribution in [2.24, 2.45) is 0 Å². The van der Waals surface area contributed by atoms with Crippen LogP contribution in [0.5, 0.6) is 0 Å². The van der Waals surface area contributed by atoms with Gasteiger partial charge in [-0.05, 0) is 35.7 Å². The summed E-state index contributed by atoms with van der Waals surface area (Å²) in [5, 5.41) is 26.7. The van der Waals surface area contributed by atoms with E-state index >= 15 is 0 Å². The molecule has 0 aliphatic heterocycles. The molecule has 0 saturated carbocycles. The van der Waals surface area contributed by atoms with Gasteiger partial charge in [-0.2, -0.15) is 5.26 Å². The summed E-state index contributed by atoms with van der Waals surface area (Å²) in [7, 11) is 0. The predicted octanol–water partition coefficient (Wildman–Crippen LogP) is 2.20. The molecule has 2 heterocycles. The fourth-order valence-corrected chi connectivity index (χ4v) is 3.31. The number of nitrogens with zero attached hydrogens (tertiary/aromatic N) is 1. The highest BCUT2D eigenvalue weighted by molar-refractivity contribution is 7.10. The molecule has 0 radical (unpaired) electrons. The van der Waals surface area contributed by atoms with Gasteiger partial charge in [-0.1, -0.05) is 18.2 Å². The van der Waals surface area contributed by atoms with Gasteiger partial charge in [-0.25, -0.2) is 0 Å². The topological polar surface area (TPSA) is 115 Å². The van der Waals surface area contributed by atoms with Gasteiger partial charge in [-0.15, -0.1) is 11.3 Å². The minimum Gasteiger partial charge on any atom is -0.466 e. The number of anilines is 1. The number of hydrogen-bond acceptors (Lipinski definition) is 6. The lowest BCUT2D eigenvalue weighted by molar-refractivity contribution is -0.136. The third kappa shape index (κ3) is 3.89. The van der Waals surface area contributed by atoms with Crippen molar-refractivity contribution in [3.05, 3.63) is 76.4 Å². The number of carbonyl (C=O) groups excluding carboxylic acids is 2. The number of rotatable bonds is 5. The average Bonchev–Trinajstić information content (AvgIpc) is 3.40. The zero-order valence-corrected chi connectivity index (χ0v) is 14.8. The van der Waals surface area contributed by atoms with Gasteiger partial charge in [0.2, 0.25) is 0 Å². The first-order chi connectivity index (χ1) is 13.0.